The van der Waals surface area contributed by atoms with Crippen LogP contribution in [-0.2, 0) is 0 Å². The Morgan fingerprint density at radius 2 is 2.00 bits per heavy atom. The number of aromatic nitrogens is 2. The van der Waals surface area contributed by atoms with Gasteiger partial charge in [0.25, 0.3) is 5.91 Å². The SMILES string of the molecule is COc1cncc(C(=O)Nc2ccccc2)n1. The quantitative estimate of drug-likeness (QED) is 0.870. The summed E-state index contributed by atoms with van der Waals surface area (Å²) in [6, 6.07) is 9.15. The van der Waals surface area contributed by atoms with Gasteiger partial charge in [0.2, 0.25) is 5.88 Å². The molecule has 0 saturated heterocycles. The molecule has 1 aromatic heterocycles. The van der Waals surface area contributed by atoms with Gasteiger partial charge in [0.05, 0.1) is 19.5 Å². The fourth-order valence-corrected chi connectivity index (χ4v) is 1.27. The Balaban J connectivity index is 2.14. The van der Waals surface area contributed by atoms with Gasteiger partial charge in [-0.05, 0) is 12.1 Å². The Kier molecular flexibility index (Phi) is 3.30. The van der Waals surface area contributed by atoms with Crippen molar-refractivity contribution in [3.05, 3.63) is 48.4 Å². The Morgan fingerprint density at radius 3 is 2.71 bits per heavy atom. The molecule has 1 heterocycles. The first-order valence-electron chi connectivity index (χ1n) is 5.02. The average Bonchev–Trinajstić information content (AvgIpc) is 2.40. The summed E-state index contributed by atoms with van der Waals surface area (Å²) in [5.74, 6) is -0.00619. The van der Waals surface area contributed by atoms with Crippen molar-refractivity contribution >= 4 is 11.6 Å². The first-order valence-corrected chi connectivity index (χ1v) is 5.02. The van der Waals surface area contributed by atoms with E-state index >= 15 is 0 Å². The van der Waals surface area contributed by atoms with Crippen LogP contribution in [0.5, 0.6) is 5.88 Å². The molecule has 5 heteroatoms. The number of amides is 1. The van der Waals surface area contributed by atoms with Gasteiger partial charge in [-0.3, -0.25) is 9.78 Å². The second-order valence-corrected chi connectivity index (χ2v) is 3.27. The molecule has 2 rings (SSSR count). The number of nitrogens with one attached hydrogen (secondary N) is 1. The van der Waals surface area contributed by atoms with Crippen LogP contribution in [-0.4, -0.2) is 23.0 Å². The molecule has 1 amide bonds. The third kappa shape index (κ3) is 2.78. The van der Waals surface area contributed by atoms with Crippen molar-refractivity contribution in [3.8, 4) is 5.88 Å². The van der Waals surface area contributed by atoms with E-state index in [4.69, 9.17) is 4.74 Å². The van der Waals surface area contributed by atoms with E-state index in [1.165, 1.54) is 19.5 Å². The number of benzene rings is 1. The minimum atomic E-state index is -0.317. The van der Waals surface area contributed by atoms with E-state index in [2.05, 4.69) is 15.3 Å². The van der Waals surface area contributed by atoms with Crippen LogP contribution in [0.2, 0.25) is 0 Å². The molecule has 0 aliphatic heterocycles. The van der Waals surface area contributed by atoms with Crippen LogP contribution < -0.4 is 10.1 Å². The summed E-state index contributed by atoms with van der Waals surface area (Å²) in [5.41, 5.74) is 0.926. The van der Waals surface area contributed by atoms with Crippen molar-refractivity contribution in [1.29, 1.82) is 0 Å². The lowest BCUT2D eigenvalue weighted by Gasteiger charge is -2.04. The molecule has 17 heavy (non-hydrogen) atoms. The van der Waals surface area contributed by atoms with Crippen LogP contribution in [0, 0.1) is 0 Å². The molecule has 1 N–H and O–H groups in total. The predicted molar refractivity (Wildman–Crippen MR) is 63.0 cm³/mol. The van der Waals surface area contributed by atoms with Crippen LogP contribution in [0.25, 0.3) is 0 Å². The van der Waals surface area contributed by atoms with E-state index in [1.54, 1.807) is 12.1 Å². The molecule has 0 bridgehead atoms. The van der Waals surface area contributed by atoms with Crippen LogP contribution in [0.4, 0.5) is 5.69 Å². The standard InChI is InChI=1S/C12H11N3O2/c1-17-11-8-13-7-10(15-11)12(16)14-9-5-3-2-4-6-9/h2-8H,1H3,(H,14,16). The van der Waals surface area contributed by atoms with E-state index in [1.807, 2.05) is 18.2 Å². The lowest BCUT2D eigenvalue weighted by atomic mass is 10.3. The average molecular weight is 229 g/mol. The summed E-state index contributed by atoms with van der Waals surface area (Å²) in [6.45, 7) is 0. The molecule has 0 aliphatic rings. The summed E-state index contributed by atoms with van der Waals surface area (Å²) in [4.78, 5) is 19.7. The lowest BCUT2D eigenvalue weighted by molar-refractivity contribution is 0.102. The summed E-state index contributed by atoms with van der Waals surface area (Å²) >= 11 is 0. The fraction of sp³-hybridized carbons (Fsp3) is 0.0833. The van der Waals surface area contributed by atoms with Crippen molar-refractivity contribution in [2.24, 2.45) is 0 Å². The van der Waals surface area contributed by atoms with Crippen molar-refractivity contribution in [3.63, 3.8) is 0 Å². The highest BCUT2D eigenvalue weighted by Gasteiger charge is 2.08. The van der Waals surface area contributed by atoms with Gasteiger partial charge < -0.3 is 10.1 Å². The minimum Gasteiger partial charge on any atom is -0.480 e. The van der Waals surface area contributed by atoms with Gasteiger partial charge in [-0.25, -0.2) is 4.98 Å². The number of carbonyl (C=O) groups is 1. The monoisotopic (exact) mass is 229 g/mol. The third-order valence-electron chi connectivity index (χ3n) is 2.09. The second-order valence-electron chi connectivity index (χ2n) is 3.27. The van der Waals surface area contributed by atoms with Crippen molar-refractivity contribution < 1.29 is 9.53 Å². The number of hydrogen-bond acceptors (Lipinski definition) is 4. The summed E-state index contributed by atoms with van der Waals surface area (Å²) in [7, 11) is 1.48. The molecule has 2 aromatic rings. The van der Waals surface area contributed by atoms with Crippen LogP contribution in [0.1, 0.15) is 10.5 Å². The molecule has 0 aliphatic carbocycles. The van der Waals surface area contributed by atoms with Crippen molar-refractivity contribution in [2.75, 3.05) is 12.4 Å². The first-order chi connectivity index (χ1) is 8.29. The normalized spacial score (nSPS) is 9.71. The van der Waals surface area contributed by atoms with Gasteiger partial charge >= 0.3 is 0 Å². The van der Waals surface area contributed by atoms with Gasteiger partial charge in [-0.1, -0.05) is 18.2 Å². The molecular weight excluding hydrogens is 218 g/mol. The lowest BCUT2D eigenvalue weighted by Crippen LogP contribution is -2.14. The molecule has 0 radical (unpaired) electrons. The number of methoxy groups -OCH3 is 1. The topological polar surface area (TPSA) is 64.1 Å². The number of hydrogen-bond donors (Lipinski definition) is 1. The summed E-state index contributed by atoms with van der Waals surface area (Å²) in [5, 5.41) is 2.71. The molecule has 86 valence electrons. The molecule has 0 spiro atoms. The van der Waals surface area contributed by atoms with E-state index < -0.39 is 0 Å². The number of rotatable bonds is 3. The van der Waals surface area contributed by atoms with Crippen LogP contribution >= 0.6 is 0 Å². The molecule has 1 aromatic carbocycles. The van der Waals surface area contributed by atoms with Gasteiger partial charge in [0.15, 0.2) is 5.69 Å². The largest absolute Gasteiger partial charge is 0.480 e. The highest BCUT2D eigenvalue weighted by molar-refractivity contribution is 6.02. The van der Waals surface area contributed by atoms with Crippen LogP contribution in [0.3, 0.4) is 0 Å². The first kappa shape index (κ1) is 11.1. The van der Waals surface area contributed by atoms with Crippen molar-refractivity contribution in [2.45, 2.75) is 0 Å². The van der Waals surface area contributed by atoms with Crippen molar-refractivity contribution in [1.82, 2.24) is 9.97 Å². The third-order valence-corrected chi connectivity index (χ3v) is 2.09. The molecule has 0 atom stereocenters. The minimum absolute atomic E-state index is 0.216. The molecular formula is C12H11N3O2. The Bertz CT molecular complexity index is 514. The number of nitrogens with zero attached hydrogens (tertiary/aromatic N) is 2. The number of para-hydroxylation sites is 1. The zero-order chi connectivity index (χ0) is 12.1. The maximum Gasteiger partial charge on any atom is 0.276 e. The molecule has 0 saturated carbocycles. The zero-order valence-corrected chi connectivity index (χ0v) is 9.25. The van der Waals surface area contributed by atoms with Crippen LogP contribution in [0.15, 0.2) is 42.7 Å². The maximum absolute atomic E-state index is 11.8. The smallest absolute Gasteiger partial charge is 0.276 e. The highest BCUT2D eigenvalue weighted by atomic mass is 16.5. The van der Waals surface area contributed by atoms with E-state index in [0.717, 1.165) is 0 Å². The van der Waals surface area contributed by atoms with Gasteiger partial charge in [-0.2, -0.15) is 0 Å². The second kappa shape index (κ2) is 5.07. The zero-order valence-electron chi connectivity index (χ0n) is 9.25. The maximum atomic E-state index is 11.8. The Morgan fingerprint density at radius 1 is 1.24 bits per heavy atom. The van der Waals surface area contributed by atoms with Gasteiger partial charge in [0.1, 0.15) is 0 Å². The predicted octanol–water partition coefficient (Wildman–Crippen LogP) is 1.74. The Labute approximate surface area is 98.5 Å². The molecule has 5 nitrogen and oxygen atoms in total. The van der Waals surface area contributed by atoms with E-state index in [-0.39, 0.29) is 11.6 Å². The highest BCUT2D eigenvalue weighted by Crippen LogP contribution is 2.09. The number of carbonyl (C=O) groups excluding carboxylic acids is 1. The Hall–Kier alpha value is -2.43. The number of ether oxygens (including phenoxy) is 1. The molecule has 0 unspecified atom stereocenters. The summed E-state index contributed by atoms with van der Waals surface area (Å²) in [6.07, 6.45) is 2.83. The summed E-state index contributed by atoms with van der Waals surface area (Å²) < 4.78 is 4.90. The molecule has 0 fully saturated rings. The van der Waals surface area contributed by atoms with Gasteiger partial charge in [-0.15, -0.1) is 0 Å². The van der Waals surface area contributed by atoms with E-state index in [0.29, 0.717) is 11.6 Å². The number of anilines is 1. The fourth-order valence-electron chi connectivity index (χ4n) is 1.27. The van der Waals surface area contributed by atoms with Gasteiger partial charge in [0, 0.05) is 5.69 Å². The van der Waals surface area contributed by atoms with E-state index in [9.17, 15) is 4.79 Å².